The minimum Gasteiger partial charge on any atom is -0.277 e. The highest BCUT2D eigenvalue weighted by Gasteiger charge is 2.03. The molecule has 0 fully saturated rings. The lowest BCUT2D eigenvalue weighted by Crippen LogP contribution is -1.88. The zero-order valence-corrected chi connectivity index (χ0v) is 9.65. The molecule has 0 radical (unpaired) electrons. The topological polar surface area (TPSA) is 54.0 Å². The number of thioether (sulfide) groups is 1. The molecule has 0 bridgehead atoms. The second kappa shape index (κ2) is 5.52. The minimum atomic E-state index is 0.640. The largest absolute Gasteiger partial charge is 0.277 e. The van der Waals surface area contributed by atoms with Crippen LogP contribution in [-0.4, -0.2) is 20.4 Å². The van der Waals surface area contributed by atoms with Gasteiger partial charge in [0.2, 0.25) is 0 Å². The molecule has 2 aromatic heterocycles. The van der Waals surface area contributed by atoms with E-state index in [0.29, 0.717) is 6.42 Å². The lowest BCUT2D eigenvalue weighted by atomic mass is 10.3. The van der Waals surface area contributed by atoms with Gasteiger partial charge in [0.05, 0.1) is 6.07 Å². The first-order valence-corrected chi connectivity index (χ1v) is 6.20. The highest BCUT2D eigenvalue weighted by atomic mass is 32.2. The molecule has 82 valence electrons. The predicted molar refractivity (Wildman–Crippen MR) is 63.2 cm³/mol. The van der Waals surface area contributed by atoms with Gasteiger partial charge >= 0.3 is 0 Å². The van der Waals surface area contributed by atoms with Gasteiger partial charge in [0.25, 0.3) is 0 Å². The van der Waals surface area contributed by atoms with Crippen molar-refractivity contribution >= 4 is 17.4 Å². The lowest BCUT2D eigenvalue weighted by Gasteiger charge is -1.98. The van der Waals surface area contributed by atoms with E-state index >= 15 is 0 Å². The Hall–Kier alpha value is -1.54. The molecule has 4 nitrogen and oxygen atoms in total. The quantitative estimate of drug-likeness (QED) is 0.587. The van der Waals surface area contributed by atoms with E-state index in [1.807, 2.05) is 28.8 Å². The maximum atomic E-state index is 8.41. The molecule has 16 heavy (non-hydrogen) atoms. The normalized spacial score (nSPS) is 10.4. The van der Waals surface area contributed by atoms with Crippen molar-refractivity contribution in [3.63, 3.8) is 0 Å². The summed E-state index contributed by atoms with van der Waals surface area (Å²) in [6.45, 7) is 0. The summed E-state index contributed by atoms with van der Waals surface area (Å²) in [5.74, 6) is 0.983. The van der Waals surface area contributed by atoms with Gasteiger partial charge in [-0.1, -0.05) is 17.8 Å². The molecule has 0 aliphatic heterocycles. The molecule has 0 saturated carbocycles. The molecule has 0 atom stereocenters. The van der Waals surface area contributed by atoms with Gasteiger partial charge < -0.3 is 0 Å². The first-order valence-electron chi connectivity index (χ1n) is 5.21. The van der Waals surface area contributed by atoms with Crippen molar-refractivity contribution in [3.8, 4) is 6.07 Å². The molecule has 0 aliphatic rings. The number of hydrogen-bond donors (Lipinski definition) is 0. The van der Waals surface area contributed by atoms with E-state index in [2.05, 4.69) is 16.3 Å². The fraction of sp³-hybridized carbons (Fsp3) is 0.364. The number of nitriles is 1. The number of pyridine rings is 1. The molecule has 2 rings (SSSR count). The van der Waals surface area contributed by atoms with Crippen molar-refractivity contribution < 1.29 is 0 Å². The van der Waals surface area contributed by atoms with Crippen molar-refractivity contribution in [2.75, 3.05) is 5.75 Å². The molecule has 0 N–H and O–H groups in total. The van der Waals surface area contributed by atoms with Gasteiger partial charge in [-0.25, -0.2) is 0 Å². The van der Waals surface area contributed by atoms with E-state index in [9.17, 15) is 0 Å². The van der Waals surface area contributed by atoms with Crippen molar-refractivity contribution in [1.82, 2.24) is 14.6 Å². The number of unbranched alkanes of at least 4 members (excludes halogenated alkanes) is 2. The van der Waals surface area contributed by atoms with Crippen molar-refractivity contribution in [3.05, 3.63) is 24.4 Å². The Morgan fingerprint density at radius 1 is 1.31 bits per heavy atom. The Kier molecular flexibility index (Phi) is 3.78. The standard InChI is InChI=1S/C11H12N4S/c12-7-3-1-5-9-16-11-14-13-10-6-2-4-8-15(10)11/h2,4,6,8H,1,3,5,9H2. The number of aromatic nitrogens is 3. The molecule has 0 aromatic carbocycles. The highest BCUT2D eigenvalue weighted by molar-refractivity contribution is 7.99. The van der Waals surface area contributed by atoms with Crippen LogP contribution in [0.2, 0.25) is 0 Å². The Labute approximate surface area is 98.3 Å². The summed E-state index contributed by atoms with van der Waals surface area (Å²) >= 11 is 1.69. The van der Waals surface area contributed by atoms with Crippen LogP contribution in [0.4, 0.5) is 0 Å². The van der Waals surface area contributed by atoms with Crippen molar-refractivity contribution in [2.24, 2.45) is 0 Å². The van der Waals surface area contributed by atoms with E-state index in [1.54, 1.807) is 11.8 Å². The van der Waals surface area contributed by atoms with E-state index in [-0.39, 0.29) is 0 Å². The Morgan fingerprint density at radius 3 is 3.12 bits per heavy atom. The third-order valence-corrected chi connectivity index (χ3v) is 3.23. The highest BCUT2D eigenvalue weighted by Crippen LogP contribution is 2.18. The van der Waals surface area contributed by atoms with Gasteiger partial charge in [0.1, 0.15) is 0 Å². The number of rotatable bonds is 5. The summed E-state index contributed by atoms with van der Waals surface area (Å²) in [5.41, 5.74) is 0.877. The fourth-order valence-electron chi connectivity index (χ4n) is 1.39. The number of fused-ring (bicyclic) bond motifs is 1. The maximum absolute atomic E-state index is 8.41. The predicted octanol–water partition coefficient (Wildman–Crippen LogP) is 2.52. The van der Waals surface area contributed by atoms with Gasteiger partial charge in [-0.3, -0.25) is 4.40 Å². The van der Waals surface area contributed by atoms with Crippen molar-refractivity contribution in [2.45, 2.75) is 24.4 Å². The zero-order chi connectivity index (χ0) is 11.2. The molecule has 0 amide bonds. The minimum absolute atomic E-state index is 0.640. The van der Waals surface area contributed by atoms with Crippen LogP contribution in [0.3, 0.4) is 0 Å². The molecule has 2 heterocycles. The van der Waals surface area contributed by atoms with Gasteiger partial charge in [0.15, 0.2) is 10.8 Å². The maximum Gasteiger partial charge on any atom is 0.195 e. The lowest BCUT2D eigenvalue weighted by molar-refractivity contribution is 0.825. The first-order chi connectivity index (χ1) is 7.92. The third kappa shape index (κ3) is 2.52. The molecule has 0 saturated heterocycles. The fourth-order valence-corrected chi connectivity index (χ4v) is 2.31. The van der Waals surface area contributed by atoms with Gasteiger partial charge in [0, 0.05) is 18.4 Å². The Morgan fingerprint density at radius 2 is 2.25 bits per heavy atom. The smallest absolute Gasteiger partial charge is 0.195 e. The van der Waals surface area contributed by atoms with Crippen LogP contribution in [0.25, 0.3) is 5.65 Å². The summed E-state index contributed by atoms with van der Waals surface area (Å²) in [4.78, 5) is 0. The number of hydrogen-bond acceptors (Lipinski definition) is 4. The van der Waals surface area contributed by atoms with Gasteiger partial charge in [-0.15, -0.1) is 10.2 Å². The van der Waals surface area contributed by atoms with Crippen LogP contribution in [0.15, 0.2) is 29.6 Å². The molecule has 0 spiro atoms. The van der Waals surface area contributed by atoms with Crippen LogP contribution in [0, 0.1) is 11.3 Å². The summed E-state index contributed by atoms with van der Waals surface area (Å²) in [6.07, 6.45) is 4.61. The molecular weight excluding hydrogens is 220 g/mol. The number of nitrogens with zero attached hydrogens (tertiary/aromatic N) is 4. The first kappa shape index (κ1) is 11.0. The summed E-state index contributed by atoms with van der Waals surface area (Å²) < 4.78 is 1.98. The van der Waals surface area contributed by atoms with E-state index in [1.165, 1.54) is 0 Å². The van der Waals surface area contributed by atoms with Crippen molar-refractivity contribution in [1.29, 1.82) is 5.26 Å². The monoisotopic (exact) mass is 232 g/mol. The third-order valence-electron chi connectivity index (χ3n) is 2.20. The average Bonchev–Trinajstić information content (AvgIpc) is 2.73. The Balaban J connectivity index is 1.92. The van der Waals surface area contributed by atoms with Crippen LogP contribution < -0.4 is 0 Å². The van der Waals surface area contributed by atoms with Gasteiger partial charge in [-0.2, -0.15) is 5.26 Å². The van der Waals surface area contributed by atoms with E-state index in [4.69, 9.17) is 5.26 Å². The summed E-state index contributed by atoms with van der Waals surface area (Å²) in [5, 5.41) is 17.5. The van der Waals surface area contributed by atoms with E-state index < -0.39 is 0 Å². The average molecular weight is 232 g/mol. The summed E-state index contributed by atoms with van der Waals surface area (Å²) in [7, 11) is 0. The van der Waals surface area contributed by atoms with E-state index in [0.717, 1.165) is 29.4 Å². The second-order valence-corrected chi connectivity index (χ2v) is 4.44. The summed E-state index contributed by atoms with van der Waals surface area (Å²) in [6, 6.07) is 8.00. The Bertz CT molecular complexity index is 500. The van der Waals surface area contributed by atoms with Crippen LogP contribution >= 0.6 is 11.8 Å². The molecule has 0 unspecified atom stereocenters. The second-order valence-electron chi connectivity index (χ2n) is 3.38. The molecule has 5 heteroatoms. The van der Waals surface area contributed by atoms with Crippen LogP contribution in [-0.2, 0) is 0 Å². The van der Waals surface area contributed by atoms with Crippen LogP contribution in [0.5, 0.6) is 0 Å². The molecule has 0 aliphatic carbocycles. The van der Waals surface area contributed by atoms with Crippen LogP contribution in [0.1, 0.15) is 19.3 Å². The van der Waals surface area contributed by atoms with Gasteiger partial charge in [-0.05, 0) is 25.0 Å². The SMILES string of the molecule is N#CCCCCSc1nnc2ccccn12. The molecular formula is C11H12N4S. The zero-order valence-electron chi connectivity index (χ0n) is 8.83. The molecule has 2 aromatic rings.